The zero-order valence-corrected chi connectivity index (χ0v) is 11.1. The van der Waals surface area contributed by atoms with E-state index in [0.717, 1.165) is 25.8 Å². The maximum absolute atomic E-state index is 8.72. The minimum Gasteiger partial charge on any atom is -0.396 e. The van der Waals surface area contributed by atoms with Crippen molar-refractivity contribution in [1.82, 2.24) is 10.6 Å². The molecule has 3 N–H and O–H groups in total. The number of hydrogen-bond donors (Lipinski definition) is 3. The van der Waals surface area contributed by atoms with Crippen LogP contribution in [0.25, 0.3) is 0 Å². The first-order valence-corrected chi connectivity index (χ1v) is 6.90. The van der Waals surface area contributed by atoms with Crippen LogP contribution in [0.4, 0.5) is 0 Å². The lowest BCUT2D eigenvalue weighted by Gasteiger charge is -2.32. The lowest BCUT2D eigenvalue weighted by atomic mass is 9.98. The molecule has 1 atom stereocenters. The molecular formula is C14H26N2O. The normalized spacial score (nSPS) is 22.4. The Kier molecular flexibility index (Phi) is 6.97. The van der Waals surface area contributed by atoms with E-state index in [-0.39, 0.29) is 0 Å². The fourth-order valence-electron chi connectivity index (χ4n) is 2.16. The van der Waals surface area contributed by atoms with Gasteiger partial charge in [-0.1, -0.05) is 19.9 Å². The number of dihydropyridines is 1. The maximum atomic E-state index is 8.72. The number of aliphatic hydroxyl groups excluding tert-OH is 1. The third-order valence-corrected chi connectivity index (χ3v) is 3.04. The van der Waals surface area contributed by atoms with Gasteiger partial charge in [0, 0.05) is 12.3 Å². The fraction of sp³-hybridized carbons (Fsp3) is 0.714. The van der Waals surface area contributed by atoms with E-state index in [9.17, 15) is 0 Å². The summed E-state index contributed by atoms with van der Waals surface area (Å²) in [7, 11) is 0. The van der Waals surface area contributed by atoms with Crippen LogP contribution in [0, 0.1) is 0 Å². The van der Waals surface area contributed by atoms with Gasteiger partial charge in [-0.15, -0.1) is 0 Å². The molecule has 2 aliphatic heterocycles. The summed E-state index contributed by atoms with van der Waals surface area (Å²) in [5.74, 6) is 0. The smallest absolute Gasteiger partial charge is 0.0991 e. The lowest BCUT2D eigenvalue weighted by molar-refractivity contribution is 0.284. The van der Waals surface area contributed by atoms with Gasteiger partial charge in [-0.25, -0.2) is 0 Å². The number of rotatable bonds is 4. The van der Waals surface area contributed by atoms with Crippen LogP contribution in [0.15, 0.2) is 23.4 Å². The highest BCUT2D eigenvalue weighted by Gasteiger charge is 2.20. The molecule has 2 heterocycles. The number of unbranched alkanes of at least 4 members (excludes halogenated alkanes) is 1. The molecule has 0 aromatic carbocycles. The van der Waals surface area contributed by atoms with E-state index >= 15 is 0 Å². The molecule has 0 aliphatic carbocycles. The summed E-state index contributed by atoms with van der Waals surface area (Å²) in [6.07, 6.45) is 10.3. The largest absolute Gasteiger partial charge is 0.396 e. The van der Waals surface area contributed by atoms with Crippen molar-refractivity contribution >= 4 is 0 Å². The van der Waals surface area contributed by atoms with Crippen LogP contribution in [-0.4, -0.2) is 24.4 Å². The molecule has 3 heteroatoms. The summed E-state index contributed by atoms with van der Waals surface area (Å²) < 4.78 is 0. The van der Waals surface area contributed by atoms with Crippen molar-refractivity contribution in [2.75, 3.05) is 13.2 Å². The van der Waals surface area contributed by atoms with Crippen LogP contribution >= 0.6 is 0 Å². The van der Waals surface area contributed by atoms with Gasteiger partial charge in [-0.3, -0.25) is 5.32 Å². The Balaban J connectivity index is 0.000000686. The lowest BCUT2D eigenvalue weighted by Crippen LogP contribution is -2.47. The summed E-state index contributed by atoms with van der Waals surface area (Å²) in [5.41, 5.74) is 2.78. The number of hydrogen-bond acceptors (Lipinski definition) is 3. The van der Waals surface area contributed by atoms with Gasteiger partial charge in [0.25, 0.3) is 0 Å². The summed E-state index contributed by atoms with van der Waals surface area (Å²) >= 11 is 0. The third kappa shape index (κ3) is 4.52. The van der Waals surface area contributed by atoms with Crippen LogP contribution in [-0.2, 0) is 0 Å². The highest BCUT2D eigenvalue weighted by atomic mass is 16.2. The first-order valence-electron chi connectivity index (χ1n) is 6.90. The molecule has 0 aromatic rings. The summed E-state index contributed by atoms with van der Waals surface area (Å²) in [6, 6.07) is 0. The number of nitrogens with one attached hydrogen (secondary N) is 2. The Bertz CT molecular complexity index is 271. The van der Waals surface area contributed by atoms with Gasteiger partial charge >= 0.3 is 0 Å². The van der Waals surface area contributed by atoms with Crippen LogP contribution in [0.3, 0.4) is 0 Å². The van der Waals surface area contributed by atoms with E-state index in [1.165, 1.54) is 24.1 Å². The topological polar surface area (TPSA) is 44.3 Å². The molecule has 0 radical (unpaired) electrons. The van der Waals surface area contributed by atoms with Gasteiger partial charge in [-0.05, 0) is 50.3 Å². The van der Waals surface area contributed by atoms with Crippen molar-refractivity contribution in [3.63, 3.8) is 0 Å². The molecule has 3 nitrogen and oxygen atoms in total. The van der Waals surface area contributed by atoms with Crippen LogP contribution in [0.1, 0.15) is 46.0 Å². The highest BCUT2D eigenvalue weighted by molar-refractivity contribution is 5.28. The molecule has 17 heavy (non-hydrogen) atoms. The van der Waals surface area contributed by atoms with E-state index in [1.807, 2.05) is 13.8 Å². The second-order valence-corrected chi connectivity index (χ2v) is 4.25. The fourth-order valence-corrected chi connectivity index (χ4v) is 2.16. The minimum absolute atomic E-state index is 0.302. The molecule has 0 bridgehead atoms. The van der Waals surface area contributed by atoms with Gasteiger partial charge in [-0.2, -0.15) is 0 Å². The minimum atomic E-state index is 0.302. The van der Waals surface area contributed by atoms with Gasteiger partial charge in [0.1, 0.15) is 0 Å². The van der Waals surface area contributed by atoms with Gasteiger partial charge in [0.2, 0.25) is 0 Å². The zero-order chi connectivity index (χ0) is 12.5. The number of fused-ring (bicyclic) bond motifs is 1. The van der Waals surface area contributed by atoms with Crippen molar-refractivity contribution in [2.24, 2.45) is 0 Å². The zero-order valence-electron chi connectivity index (χ0n) is 11.1. The number of piperidine rings is 1. The van der Waals surface area contributed by atoms with E-state index in [4.69, 9.17) is 5.11 Å². The van der Waals surface area contributed by atoms with Crippen molar-refractivity contribution in [3.05, 3.63) is 23.4 Å². The molecule has 0 aromatic heterocycles. The molecule has 2 rings (SSSR count). The van der Waals surface area contributed by atoms with Crippen molar-refractivity contribution in [1.29, 1.82) is 0 Å². The van der Waals surface area contributed by atoms with Gasteiger partial charge < -0.3 is 10.4 Å². The van der Waals surface area contributed by atoms with E-state index in [2.05, 4.69) is 22.8 Å². The van der Waals surface area contributed by atoms with Crippen LogP contribution in [0.2, 0.25) is 0 Å². The summed E-state index contributed by atoms with van der Waals surface area (Å²) in [5, 5.41) is 15.7. The summed E-state index contributed by atoms with van der Waals surface area (Å²) in [4.78, 5) is 0. The molecule has 1 fully saturated rings. The molecule has 1 saturated heterocycles. The molecule has 2 aliphatic rings. The quantitative estimate of drug-likeness (QED) is 0.659. The Morgan fingerprint density at radius 3 is 2.88 bits per heavy atom. The van der Waals surface area contributed by atoms with Crippen molar-refractivity contribution in [2.45, 2.75) is 52.1 Å². The van der Waals surface area contributed by atoms with Crippen LogP contribution in [0.5, 0.6) is 0 Å². The molecule has 1 unspecified atom stereocenters. The maximum Gasteiger partial charge on any atom is 0.0991 e. The highest BCUT2D eigenvalue weighted by Crippen LogP contribution is 2.20. The monoisotopic (exact) mass is 238 g/mol. The standard InChI is InChI=1S/C12H20N2O.C2H6/c15-9-2-1-5-11-7-6-10-4-3-8-13-12(10)14-11;1-2/h6-7,12-15H,1-5,8-9H2;1-2H3. The van der Waals surface area contributed by atoms with Crippen molar-refractivity contribution < 1.29 is 5.11 Å². The van der Waals surface area contributed by atoms with Crippen molar-refractivity contribution in [3.8, 4) is 0 Å². The Morgan fingerprint density at radius 2 is 2.12 bits per heavy atom. The first kappa shape index (κ1) is 14.3. The second-order valence-electron chi connectivity index (χ2n) is 4.25. The van der Waals surface area contributed by atoms with Gasteiger partial charge in [0.05, 0.1) is 6.17 Å². The average molecular weight is 238 g/mol. The van der Waals surface area contributed by atoms with E-state index in [1.54, 1.807) is 0 Å². The Morgan fingerprint density at radius 1 is 1.29 bits per heavy atom. The molecule has 0 amide bonds. The SMILES string of the molecule is CC.OCCCCC1=CC=C2CCCNC2N1. The van der Waals surface area contributed by atoms with Gasteiger partial charge in [0.15, 0.2) is 0 Å². The Hall–Kier alpha value is -0.800. The van der Waals surface area contributed by atoms with Crippen LogP contribution < -0.4 is 10.6 Å². The van der Waals surface area contributed by atoms with E-state index < -0.39 is 0 Å². The average Bonchev–Trinajstić information content (AvgIpc) is 2.41. The second kappa shape index (κ2) is 8.31. The molecule has 98 valence electrons. The third-order valence-electron chi connectivity index (χ3n) is 3.04. The first-order chi connectivity index (χ1) is 8.40. The summed E-state index contributed by atoms with van der Waals surface area (Å²) in [6.45, 7) is 5.41. The predicted molar refractivity (Wildman–Crippen MR) is 72.6 cm³/mol. The molecule has 0 spiro atoms. The molecule has 0 saturated carbocycles. The van der Waals surface area contributed by atoms with E-state index in [0.29, 0.717) is 12.8 Å². The number of allylic oxidation sites excluding steroid dienone is 3. The Labute approximate surface area is 105 Å². The predicted octanol–water partition coefficient (Wildman–Crippen LogP) is 2.30. The number of aliphatic hydroxyl groups is 1. The molecular weight excluding hydrogens is 212 g/mol.